The summed E-state index contributed by atoms with van der Waals surface area (Å²) < 4.78 is 0. The van der Waals surface area contributed by atoms with Crippen molar-refractivity contribution in [1.29, 1.82) is 5.26 Å². The second-order valence-electron chi connectivity index (χ2n) is 3.26. The van der Waals surface area contributed by atoms with Crippen molar-refractivity contribution in [2.45, 2.75) is 30.9 Å². The van der Waals surface area contributed by atoms with Crippen LogP contribution in [0.3, 0.4) is 0 Å². The molecular weight excluding hydrogens is 170 g/mol. The molecule has 1 aliphatic rings. The summed E-state index contributed by atoms with van der Waals surface area (Å²) in [4.78, 5) is 0. The van der Waals surface area contributed by atoms with Gasteiger partial charge in [-0.25, -0.2) is 0 Å². The van der Waals surface area contributed by atoms with E-state index >= 15 is 0 Å². The molecule has 1 heterocycles. The number of rotatable bonds is 3. The number of hydrogen-bond donors (Lipinski definition) is 1. The van der Waals surface area contributed by atoms with E-state index in [1.807, 2.05) is 11.8 Å². The van der Waals surface area contributed by atoms with E-state index in [1.165, 1.54) is 6.42 Å². The maximum atomic E-state index is 8.76. The van der Waals surface area contributed by atoms with Crippen molar-refractivity contribution in [2.75, 3.05) is 12.4 Å². The van der Waals surface area contributed by atoms with Crippen LogP contribution in [-0.2, 0) is 0 Å². The minimum absolute atomic E-state index is 0.300. The van der Waals surface area contributed by atoms with Crippen LogP contribution in [0.5, 0.6) is 0 Å². The maximum Gasteiger partial charge on any atom is 0.0633 e. The van der Waals surface area contributed by atoms with E-state index in [0.29, 0.717) is 24.2 Å². The fourth-order valence-corrected chi connectivity index (χ4v) is 3.05. The van der Waals surface area contributed by atoms with E-state index in [0.717, 1.165) is 18.6 Å². The summed E-state index contributed by atoms with van der Waals surface area (Å²) in [6.07, 6.45) is 3.93. The third-order valence-electron chi connectivity index (χ3n) is 2.33. The van der Waals surface area contributed by atoms with Crippen molar-refractivity contribution >= 4 is 11.8 Å². The number of thioether (sulfide) groups is 1. The van der Waals surface area contributed by atoms with E-state index < -0.39 is 0 Å². The van der Waals surface area contributed by atoms with Crippen LogP contribution in [0, 0.1) is 17.2 Å². The second kappa shape index (κ2) is 5.45. The number of hydrogen-bond acceptors (Lipinski definition) is 3. The molecule has 2 atom stereocenters. The Bertz CT molecular complexity index is 164. The molecule has 1 aliphatic heterocycles. The Kier molecular flexibility index (Phi) is 4.49. The molecule has 12 heavy (non-hydrogen) atoms. The van der Waals surface area contributed by atoms with Crippen molar-refractivity contribution in [3.05, 3.63) is 0 Å². The van der Waals surface area contributed by atoms with Crippen molar-refractivity contribution in [1.82, 2.24) is 0 Å². The lowest BCUT2D eigenvalue weighted by molar-refractivity contribution is 0.247. The smallest absolute Gasteiger partial charge is 0.0633 e. The Morgan fingerprint density at radius 3 is 3.08 bits per heavy atom. The zero-order valence-corrected chi connectivity index (χ0v) is 8.02. The van der Waals surface area contributed by atoms with Gasteiger partial charge in [-0.3, -0.25) is 0 Å². The van der Waals surface area contributed by atoms with Crippen molar-refractivity contribution in [3.8, 4) is 6.07 Å². The van der Waals surface area contributed by atoms with Gasteiger partial charge < -0.3 is 5.11 Å². The molecule has 0 saturated carbocycles. The van der Waals surface area contributed by atoms with Gasteiger partial charge in [-0.05, 0) is 30.9 Å². The summed E-state index contributed by atoms with van der Waals surface area (Å²) in [5.74, 6) is 1.83. The first kappa shape index (κ1) is 9.88. The van der Waals surface area contributed by atoms with Crippen molar-refractivity contribution in [3.63, 3.8) is 0 Å². The fraction of sp³-hybridized carbons (Fsp3) is 0.889. The van der Waals surface area contributed by atoms with Gasteiger partial charge in [0.25, 0.3) is 0 Å². The first-order chi connectivity index (χ1) is 5.86. The Morgan fingerprint density at radius 2 is 2.42 bits per heavy atom. The molecule has 1 N–H and O–H groups in total. The molecule has 0 aromatic carbocycles. The molecule has 0 bridgehead atoms. The highest BCUT2D eigenvalue weighted by Gasteiger charge is 2.21. The summed E-state index contributed by atoms with van der Waals surface area (Å²) in [5.41, 5.74) is 0. The van der Waals surface area contributed by atoms with Crippen LogP contribution in [0.25, 0.3) is 0 Å². The summed E-state index contributed by atoms with van der Waals surface area (Å²) in [5, 5.41) is 17.8. The molecule has 1 saturated heterocycles. The van der Waals surface area contributed by atoms with E-state index in [9.17, 15) is 0 Å². The van der Waals surface area contributed by atoms with Gasteiger partial charge in [-0.1, -0.05) is 0 Å². The molecule has 1 fully saturated rings. The third kappa shape index (κ3) is 3.04. The van der Waals surface area contributed by atoms with Gasteiger partial charge in [0, 0.05) is 18.3 Å². The highest BCUT2D eigenvalue weighted by molar-refractivity contribution is 7.99. The highest BCUT2D eigenvalue weighted by Crippen LogP contribution is 2.32. The fourth-order valence-electron chi connectivity index (χ4n) is 1.65. The topological polar surface area (TPSA) is 44.0 Å². The van der Waals surface area contributed by atoms with Crippen LogP contribution in [0.4, 0.5) is 0 Å². The summed E-state index contributed by atoms with van der Waals surface area (Å²) in [6, 6.07) is 2.22. The number of nitriles is 1. The second-order valence-corrected chi connectivity index (χ2v) is 4.67. The van der Waals surface area contributed by atoms with Gasteiger partial charge in [0.15, 0.2) is 0 Å². The number of aliphatic hydroxyl groups excluding tert-OH is 1. The molecule has 0 spiro atoms. The summed E-state index contributed by atoms with van der Waals surface area (Å²) in [6.45, 7) is 0.300. The molecule has 0 radical (unpaired) electrons. The molecule has 0 aromatic rings. The predicted molar refractivity (Wildman–Crippen MR) is 50.9 cm³/mol. The Hall–Kier alpha value is -0.200. The summed E-state index contributed by atoms with van der Waals surface area (Å²) >= 11 is 1.91. The lowest BCUT2D eigenvalue weighted by Gasteiger charge is -2.26. The minimum atomic E-state index is 0.300. The zero-order chi connectivity index (χ0) is 8.81. The average Bonchev–Trinajstić information content (AvgIpc) is 2.06. The standard InChI is InChI=1S/C9H15NOS/c10-4-1-9-7-8(2-5-11)3-6-12-9/h8-9,11H,1-3,5-7H2. The predicted octanol–water partition coefficient (Wildman–Crippen LogP) is 1.79. The van der Waals surface area contributed by atoms with E-state index in [-0.39, 0.29) is 0 Å². The van der Waals surface area contributed by atoms with Gasteiger partial charge in [0.1, 0.15) is 0 Å². The van der Waals surface area contributed by atoms with E-state index in [2.05, 4.69) is 6.07 Å². The molecule has 1 rings (SSSR count). The Morgan fingerprint density at radius 1 is 1.58 bits per heavy atom. The van der Waals surface area contributed by atoms with Gasteiger partial charge in [-0.15, -0.1) is 0 Å². The average molecular weight is 185 g/mol. The Labute approximate surface area is 78.0 Å². The first-order valence-corrected chi connectivity index (χ1v) is 5.51. The molecule has 0 aliphatic carbocycles. The number of nitrogens with zero attached hydrogens (tertiary/aromatic N) is 1. The van der Waals surface area contributed by atoms with Crippen LogP contribution < -0.4 is 0 Å². The van der Waals surface area contributed by atoms with Gasteiger partial charge in [-0.2, -0.15) is 17.0 Å². The molecule has 68 valence electrons. The van der Waals surface area contributed by atoms with Crippen LogP contribution in [-0.4, -0.2) is 22.7 Å². The monoisotopic (exact) mass is 185 g/mol. The minimum Gasteiger partial charge on any atom is -0.396 e. The molecule has 0 amide bonds. The zero-order valence-electron chi connectivity index (χ0n) is 7.20. The molecule has 3 heteroatoms. The van der Waals surface area contributed by atoms with Crippen molar-refractivity contribution in [2.24, 2.45) is 5.92 Å². The number of aliphatic hydroxyl groups is 1. The maximum absolute atomic E-state index is 8.76. The first-order valence-electron chi connectivity index (χ1n) is 4.46. The third-order valence-corrected chi connectivity index (χ3v) is 3.63. The quantitative estimate of drug-likeness (QED) is 0.729. The van der Waals surface area contributed by atoms with Crippen LogP contribution in [0.2, 0.25) is 0 Å². The van der Waals surface area contributed by atoms with Crippen molar-refractivity contribution < 1.29 is 5.11 Å². The molecule has 2 unspecified atom stereocenters. The molecular formula is C9H15NOS. The molecule has 0 aromatic heterocycles. The van der Waals surface area contributed by atoms with Gasteiger partial charge in [0.05, 0.1) is 6.07 Å². The van der Waals surface area contributed by atoms with Crippen LogP contribution in [0.1, 0.15) is 25.7 Å². The highest BCUT2D eigenvalue weighted by atomic mass is 32.2. The van der Waals surface area contributed by atoms with E-state index in [4.69, 9.17) is 10.4 Å². The lowest BCUT2D eigenvalue weighted by Crippen LogP contribution is -2.18. The largest absolute Gasteiger partial charge is 0.396 e. The van der Waals surface area contributed by atoms with Crippen LogP contribution in [0.15, 0.2) is 0 Å². The van der Waals surface area contributed by atoms with Gasteiger partial charge in [0.2, 0.25) is 0 Å². The SMILES string of the molecule is N#CCC1CC(CCO)CCS1. The summed E-state index contributed by atoms with van der Waals surface area (Å²) in [7, 11) is 0. The Balaban J connectivity index is 2.26. The normalized spacial score (nSPS) is 29.7. The lowest BCUT2D eigenvalue weighted by atomic mass is 9.95. The van der Waals surface area contributed by atoms with E-state index in [1.54, 1.807) is 0 Å². The van der Waals surface area contributed by atoms with Crippen LogP contribution >= 0.6 is 11.8 Å². The van der Waals surface area contributed by atoms with Gasteiger partial charge >= 0.3 is 0 Å². The molecule has 2 nitrogen and oxygen atoms in total.